The zero-order valence-corrected chi connectivity index (χ0v) is 16.7. The Kier molecular flexibility index (Phi) is 6.80. The predicted octanol–water partition coefficient (Wildman–Crippen LogP) is 4.61. The molecule has 3 rings (SSSR count). The third-order valence-electron chi connectivity index (χ3n) is 4.33. The van der Waals surface area contributed by atoms with Gasteiger partial charge in [0.2, 0.25) is 0 Å². The van der Waals surface area contributed by atoms with E-state index < -0.39 is 11.6 Å². The van der Waals surface area contributed by atoms with E-state index in [0.717, 1.165) is 34.6 Å². The first-order valence-electron chi connectivity index (χ1n) is 9.21. The minimum absolute atomic E-state index is 0.0114. The van der Waals surface area contributed by atoms with Crippen LogP contribution in [-0.4, -0.2) is 26.2 Å². The number of aryl methyl sites for hydroxylation is 1. The molecule has 0 aliphatic rings. The summed E-state index contributed by atoms with van der Waals surface area (Å²) in [4.78, 5) is 9.26. The maximum absolute atomic E-state index is 13.7. The van der Waals surface area contributed by atoms with Gasteiger partial charge in [-0.2, -0.15) is 0 Å². The second kappa shape index (κ2) is 9.30. The third kappa shape index (κ3) is 4.97. The molecule has 148 valence electrons. The topological polar surface area (TPSA) is 50.9 Å². The molecule has 2 aromatic heterocycles. The molecule has 0 amide bonds. The van der Waals surface area contributed by atoms with Crippen molar-refractivity contribution in [3.05, 3.63) is 71.4 Å². The highest BCUT2D eigenvalue weighted by atomic mass is 32.2. The first-order chi connectivity index (χ1) is 13.5. The average molecular weight is 403 g/mol. The van der Waals surface area contributed by atoms with E-state index in [4.69, 9.17) is 4.98 Å². The fourth-order valence-corrected chi connectivity index (χ4v) is 4.26. The van der Waals surface area contributed by atoms with Gasteiger partial charge in [0, 0.05) is 36.3 Å². The average Bonchev–Trinajstić information content (AvgIpc) is 2.98. The first-order valence-corrected chi connectivity index (χ1v) is 10.0. The molecule has 0 saturated heterocycles. The standard InChI is InChI=1S/C21H23F2N3OS/c1-14(2)20-21(28-18-12-16(22)11-17(23)13-18)26(19(25-20)6-10-27)9-5-15-3-7-24-8-4-15/h3-4,7-8,11-14,27H,5-6,9-10H2,1-2H3. The number of benzene rings is 1. The van der Waals surface area contributed by atoms with Gasteiger partial charge in [-0.25, -0.2) is 13.8 Å². The van der Waals surface area contributed by atoms with Crippen LogP contribution in [0.25, 0.3) is 0 Å². The zero-order valence-electron chi connectivity index (χ0n) is 15.9. The van der Waals surface area contributed by atoms with Crippen LogP contribution in [0.3, 0.4) is 0 Å². The summed E-state index contributed by atoms with van der Waals surface area (Å²) in [5, 5.41) is 10.3. The molecule has 0 aliphatic heterocycles. The maximum Gasteiger partial charge on any atom is 0.127 e. The highest BCUT2D eigenvalue weighted by Crippen LogP contribution is 2.35. The molecule has 1 aromatic carbocycles. The van der Waals surface area contributed by atoms with Crippen molar-refractivity contribution < 1.29 is 13.9 Å². The normalized spacial score (nSPS) is 11.4. The summed E-state index contributed by atoms with van der Waals surface area (Å²) in [6.07, 6.45) is 4.69. The van der Waals surface area contributed by atoms with Gasteiger partial charge in [0.05, 0.1) is 12.3 Å². The van der Waals surface area contributed by atoms with Gasteiger partial charge in [-0.15, -0.1) is 0 Å². The van der Waals surface area contributed by atoms with E-state index in [-0.39, 0.29) is 12.5 Å². The monoisotopic (exact) mass is 403 g/mol. The van der Waals surface area contributed by atoms with Crippen LogP contribution in [0.2, 0.25) is 0 Å². The van der Waals surface area contributed by atoms with E-state index in [9.17, 15) is 13.9 Å². The van der Waals surface area contributed by atoms with E-state index in [2.05, 4.69) is 9.55 Å². The summed E-state index contributed by atoms with van der Waals surface area (Å²) in [5.41, 5.74) is 2.00. The van der Waals surface area contributed by atoms with Crippen molar-refractivity contribution in [2.24, 2.45) is 0 Å². The number of pyridine rings is 1. The molecule has 3 aromatic rings. The number of aliphatic hydroxyl groups is 1. The van der Waals surface area contributed by atoms with Crippen LogP contribution in [0.4, 0.5) is 8.78 Å². The summed E-state index contributed by atoms with van der Waals surface area (Å²) in [7, 11) is 0. The first kappa shape index (κ1) is 20.5. The Bertz CT molecular complexity index is 909. The Morgan fingerprint density at radius 1 is 1.07 bits per heavy atom. The minimum Gasteiger partial charge on any atom is -0.396 e. The second-order valence-corrected chi connectivity index (χ2v) is 7.87. The predicted molar refractivity (Wildman–Crippen MR) is 106 cm³/mol. The lowest BCUT2D eigenvalue weighted by molar-refractivity contribution is 0.294. The molecule has 0 spiro atoms. The van der Waals surface area contributed by atoms with Crippen molar-refractivity contribution in [2.45, 2.75) is 49.1 Å². The number of nitrogens with zero attached hydrogens (tertiary/aromatic N) is 3. The fraction of sp³-hybridized carbons (Fsp3) is 0.333. The minimum atomic E-state index is -0.605. The van der Waals surface area contributed by atoms with Crippen LogP contribution >= 0.6 is 11.8 Å². The van der Waals surface area contributed by atoms with Gasteiger partial charge in [-0.1, -0.05) is 25.6 Å². The van der Waals surface area contributed by atoms with Crippen LogP contribution in [0.1, 0.15) is 36.8 Å². The lowest BCUT2D eigenvalue weighted by Gasteiger charge is -2.13. The summed E-state index contributed by atoms with van der Waals surface area (Å²) >= 11 is 1.31. The number of hydrogen-bond donors (Lipinski definition) is 1. The lowest BCUT2D eigenvalue weighted by atomic mass is 10.1. The van der Waals surface area contributed by atoms with E-state index in [1.54, 1.807) is 12.4 Å². The maximum atomic E-state index is 13.7. The highest BCUT2D eigenvalue weighted by Gasteiger charge is 2.20. The molecule has 0 fully saturated rings. The summed E-state index contributed by atoms with van der Waals surface area (Å²) in [5.74, 6) is -0.292. The quantitative estimate of drug-likeness (QED) is 0.597. The Labute approximate surface area is 167 Å². The van der Waals surface area contributed by atoms with Gasteiger partial charge in [0.15, 0.2) is 0 Å². The Hall–Kier alpha value is -2.25. The van der Waals surface area contributed by atoms with Crippen LogP contribution < -0.4 is 0 Å². The Morgan fingerprint density at radius 3 is 2.36 bits per heavy atom. The fourth-order valence-electron chi connectivity index (χ4n) is 3.00. The van der Waals surface area contributed by atoms with Crippen LogP contribution in [0, 0.1) is 11.6 Å². The number of rotatable bonds is 8. The third-order valence-corrected chi connectivity index (χ3v) is 5.43. The van der Waals surface area contributed by atoms with E-state index in [1.165, 1.54) is 23.9 Å². The smallest absolute Gasteiger partial charge is 0.127 e. The Balaban J connectivity index is 1.99. The van der Waals surface area contributed by atoms with Gasteiger partial charge in [0.25, 0.3) is 0 Å². The van der Waals surface area contributed by atoms with Crippen LogP contribution in [0.5, 0.6) is 0 Å². The molecule has 0 aliphatic carbocycles. The Morgan fingerprint density at radius 2 is 1.75 bits per heavy atom. The molecular weight excluding hydrogens is 380 g/mol. The van der Waals surface area contributed by atoms with Crippen molar-refractivity contribution in [2.75, 3.05) is 6.61 Å². The molecule has 0 saturated carbocycles. The number of aliphatic hydroxyl groups excluding tert-OH is 1. The number of hydrogen-bond acceptors (Lipinski definition) is 4. The van der Waals surface area contributed by atoms with Crippen molar-refractivity contribution in [3.63, 3.8) is 0 Å². The molecule has 0 bridgehead atoms. The number of imidazole rings is 1. The number of halogens is 2. The molecule has 1 N–H and O–H groups in total. The van der Waals surface area contributed by atoms with Crippen molar-refractivity contribution in [1.82, 2.24) is 14.5 Å². The van der Waals surface area contributed by atoms with Crippen molar-refractivity contribution in [1.29, 1.82) is 0 Å². The summed E-state index contributed by atoms with van der Waals surface area (Å²) in [6, 6.07) is 7.43. The molecule has 0 unspecified atom stereocenters. The molecule has 28 heavy (non-hydrogen) atoms. The van der Waals surface area contributed by atoms with Gasteiger partial charge < -0.3 is 9.67 Å². The molecule has 7 heteroatoms. The van der Waals surface area contributed by atoms with E-state index in [1.807, 2.05) is 26.0 Å². The van der Waals surface area contributed by atoms with Crippen molar-refractivity contribution >= 4 is 11.8 Å². The second-order valence-electron chi connectivity index (χ2n) is 6.81. The zero-order chi connectivity index (χ0) is 20.1. The summed E-state index contributed by atoms with van der Waals surface area (Å²) in [6.45, 7) is 4.71. The summed E-state index contributed by atoms with van der Waals surface area (Å²) < 4.78 is 29.4. The molecular formula is C21H23F2N3OS. The van der Waals surface area contributed by atoms with Crippen LogP contribution in [0.15, 0.2) is 52.6 Å². The van der Waals surface area contributed by atoms with E-state index in [0.29, 0.717) is 17.9 Å². The van der Waals surface area contributed by atoms with Gasteiger partial charge in [0.1, 0.15) is 22.5 Å². The van der Waals surface area contributed by atoms with E-state index >= 15 is 0 Å². The van der Waals surface area contributed by atoms with Crippen LogP contribution in [-0.2, 0) is 19.4 Å². The molecule has 4 nitrogen and oxygen atoms in total. The molecule has 0 atom stereocenters. The number of aromatic nitrogens is 3. The largest absolute Gasteiger partial charge is 0.396 e. The van der Waals surface area contributed by atoms with Gasteiger partial charge in [-0.3, -0.25) is 4.98 Å². The highest BCUT2D eigenvalue weighted by molar-refractivity contribution is 7.99. The van der Waals surface area contributed by atoms with Gasteiger partial charge in [-0.05, 0) is 42.2 Å². The molecule has 0 radical (unpaired) electrons. The van der Waals surface area contributed by atoms with Gasteiger partial charge >= 0.3 is 0 Å². The SMILES string of the molecule is CC(C)c1nc(CCO)n(CCc2ccncc2)c1Sc1cc(F)cc(F)c1. The lowest BCUT2D eigenvalue weighted by Crippen LogP contribution is -2.09. The van der Waals surface area contributed by atoms with Crippen molar-refractivity contribution in [3.8, 4) is 0 Å². The molecule has 2 heterocycles.